The molecule has 21 heavy (non-hydrogen) atoms. The molecular weight excluding hydrogens is 296 g/mol. The Morgan fingerprint density at radius 3 is 2.14 bits per heavy atom. The van der Waals surface area contributed by atoms with Crippen LogP contribution in [0.3, 0.4) is 0 Å². The maximum Gasteiger partial charge on any atom is 0.329 e. The summed E-state index contributed by atoms with van der Waals surface area (Å²) in [5.74, 6) is -1.68. The van der Waals surface area contributed by atoms with E-state index in [1.807, 2.05) is 20.8 Å². The molecule has 1 amide bonds. The molecule has 7 nitrogen and oxygen atoms in total. The molecule has 8 heteroatoms. The van der Waals surface area contributed by atoms with Crippen LogP contribution in [0.2, 0.25) is 0 Å². The van der Waals surface area contributed by atoms with Crippen molar-refractivity contribution in [3.05, 3.63) is 0 Å². The Hall–Kier alpha value is -1.15. The SMILES string of the molecule is CCCC(C)(NC(=O)C(CC(C)C)NS(C)(=O)=O)C(=O)O. The fraction of sp³-hybridized carbons (Fsp3) is 0.846. The monoisotopic (exact) mass is 322 g/mol. The normalized spacial score (nSPS) is 16.3. The Bertz CT molecular complexity index is 475. The summed E-state index contributed by atoms with van der Waals surface area (Å²) in [6, 6.07) is -0.976. The van der Waals surface area contributed by atoms with Gasteiger partial charge in [-0.05, 0) is 25.7 Å². The van der Waals surface area contributed by atoms with Crippen LogP contribution in [0.1, 0.15) is 47.0 Å². The van der Waals surface area contributed by atoms with E-state index in [4.69, 9.17) is 0 Å². The molecule has 124 valence electrons. The van der Waals surface area contributed by atoms with Crippen LogP contribution in [0.5, 0.6) is 0 Å². The topological polar surface area (TPSA) is 113 Å². The van der Waals surface area contributed by atoms with Gasteiger partial charge in [-0.25, -0.2) is 17.9 Å². The van der Waals surface area contributed by atoms with Gasteiger partial charge in [-0.1, -0.05) is 27.2 Å². The number of nitrogens with one attached hydrogen (secondary N) is 2. The minimum Gasteiger partial charge on any atom is -0.480 e. The van der Waals surface area contributed by atoms with E-state index in [1.54, 1.807) is 0 Å². The average Bonchev–Trinajstić information content (AvgIpc) is 2.25. The number of sulfonamides is 1. The molecule has 0 aromatic carbocycles. The second-order valence-electron chi connectivity index (χ2n) is 5.95. The fourth-order valence-corrected chi connectivity index (χ4v) is 2.74. The van der Waals surface area contributed by atoms with E-state index in [1.165, 1.54) is 6.92 Å². The van der Waals surface area contributed by atoms with Gasteiger partial charge < -0.3 is 10.4 Å². The van der Waals surface area contributed by atoms with Crippen molar-refractivity contribution < 1.29 is 23.1 Å². The molecule has 0 radical (unpaired) electrons. The van der Waals surface area contributed by atoms with E-state index < -0.39 is 33.5 Å². The number of carboxylic acid groups (broad SMARTS) is 1. The summed E-state index contributed by atoms with van der Waals surface area (Å²) in [5.41, 5.74) is -1.40. The van der Waals surface area contributed by atoms with Crippen LogP contribution >= 0.6 is 0 Å². The lowest BCUT2D eigenvalue weighted by atomic mass is 9.95. The van der Waals surface area contributed by atoms with Crippen molar-refractivity contribution in [3.8, 4) is 0 Å². The van der Waals surface area contributed by atoms with Gasteiger partial charge in [0.25, 0.3) is 0 Å². The maximum absolute atomic E-state index is 12.2. The highest BCUT2D eigenvalue weighted by atomic mass is 32.2. The molecule has 3 N–H and O–H groups in total. The smallest absolute Gasteiger partial charge is 0.329 e. The zero-order valence-electron chi connectivity index (χ0n) is 13.3. The van der Waals surface area contributed by atoms with Gasteiger partial charge in [-0.15, -0.1) is 0 Å². The lowest BCUT2D eigenvalue weighted by Crippen LogP contribution is -2.57. The third-order valence-corrected chi connectivity index (χ3v) is 3.71. The van der Waals surface area contributed by atoms with Crippen LogP contribution in [-0.4, -0.2) is 43.2 Å². The van der Waals surface area contributed by atoms with Gasteiger partial charge in [0.2, 0.25) is 15.9 Å². The highest BCUT2D eigenvalue weighted by Gasteiger charge is 2.36. The van der Waals surface area contributed by atoms with Crippen molar-refractivity contribution in [2.75, 3.05) is 6.26 Å². The first kappa shape index (κ1) is 19.9. The Kier molecular flexibility index (Phi) is 7.32. The standard InChI is InChI=1S/C13H26N2O5S/c1-6-7-13(4,12(17)18)14-11(16)10(8-9(2)3)15-21(5,19)20/h9-10,15H,6-8H2,1-5H3,(H,14,16)(H,17,18). The van der Waals surface area contributed by atoms with E-state index in [-0.39, 0.29) is 12.3 Å². The van der Waals surface area contributed by atoms with E-state index >= 15 is 0 Å². The first-order valence-electron chi connectivity index (χ1n) is 6.94. The molecule has 2 atom stereocenters. The summed E-state index contributed by atoms with van der Waals surface area (Å²) in [6.45, 7) is 6.94. The molecule has 0 saturated heterocycles. The van der Waals surface area contributed by atoms with Crippen LogP contribution in [0.15, 0.2) is 0 Å². The number of carbonyl (C=O) groups excluding carboxylic acids is 1. The number of hydrogen-bond donors (Lipinski definition) is 3. The number of carboxylic acids is 1. The van der Waals surface area contributed by atoms with E-state index in [2.05, 4.69) is 10.0 Å². The number of amides is 1. The van der Waals surface area contributed by atoms with Gasteiger partial charge in [0.15, 0.2) is 0 Å². The van der Waals surface area contributed by atoms with Gasteiger partial charge in [0.05, 0.1) is 6.26 Å². The number of hydrogen-bond acceptors (Lipinski definition) is 4. The quantitative estimate of drug-likeness (QED) is 0.579. The molecule has 0 aliphatic heterocycles. The van der Waals surface area contributed by atoms with Gasteiger partial charge in [-0.2, -0.15) is 0 Å². The molecule has 0 aromatic heterocycles. The molecule has 0 heterocycles. The number of rotatable bonds is 9. The fourth-order valence-electron chi connectivity index (χ4n) is 2.02. The first-order valence-corrected chi connectivity index (χ1v) is 8.83. The van der Waals surface area contributed by atoms with Crippen molar-refractivity contribution >= 4 is 21.9 Å². The van der Waals surface area contributed by atoms with Gasteiger partial charge >= 0.3 is 5.97 Å². The van der Waals surface area contributed by atoms with Crippen molar-refractivity contribution in [1.29, 1.82) is 0 Å². The van der Waals surface area contributed by atoms with Crippen LogP contribution in [0, 0.1) is 5.92 Å². The second kappa shape index (κ2) is 7.74. The molecule has 2 unspecified atom stereocenters. The predicted octanol–water partition coefficient (Wildman–Crippen LogP) is 0.710. The molecule has 0 fully saturated rings. The van der Waals surface area contributed by atoms with Crippen LogP contribution in [0.25, 0.3) is 0 Å². The van der Waals surface area contributed by atoms with Crippen molar-refractivity contribution in [3.63, 3.8) is 0 Å². The first-order chi connectivity index (χ1) is 9.41. The molecular formula is C13H26N2O5S. The summed E-state index contributed by atoms with van der Waals surface area (Å²) in [6.07, 6.45) is 2.11. The summed E-state index contributed by atoms with van der Waals surface area (Å²) in [7, 11) is -3.56. The number of carbonyl (C=O) groups is 2. The van der Waals surface area contributed by atoms with Crippen LogP contribution in [-0.2, 0) is 19.6 Å². The van der Waals surface area contributed by atoms with Crippen molar-refractivity contribution in [1.82, 2.24) is 10.0 Å². The van der Waals surface area contributed by atoms with E-state index in [9.17, 15) is 23.1 Å². The Morgan fingerprint density at radius 2 is 1.81 bits per heavy atom. The third kappa shape index (κ3) is 7.42. The van der Waals surface area contributed by atoms with Crippen molar-refractivity contribution in [2.24, 2.45) is 5.92 Å². The Balaban J connectivity index is 5.15. The molecule has 0 bridgehead atoms. The van der Waals surface area contributed by atoms with Crippen LogP contribution in [0.4, 0.5) is 0 Å². The lowest BCUT2D eigenvalue weighted by Gasteiger charge is -2.29. The molecule has 0 rings (SSSR count). The highest BCUT2D eigenvalue weighted by molar-refractivity contribution is 7.88. The molecule has 0 aliphatic rings. The van der Waals surface area contributed by atoms with Crippen LogP contribution < -0.4 is 10.0 Å². The zero-order valence-corrected chi connectivity index (χ0v) is 14.1. The van der Waals surface area contributed by atoms with E-state index in [0.717, 1.165) is 6.26 Å². The third-order valence-electron chi connectivity index (χ3n) is 3.00. The lowest BCUT2D eigenvalue weighted by molar-refractivity contribution is -0.147. The predicted molar refractivity (Wildman–Crippen MR) is 80.3 cm³/mol. The van der Waals surface area contributed by atoms with E-state index in [0.29, 0.717) is 12.8 Å². The largest absolute Gasteiger partial charge is 0.480 e. The summed E-state index contributed by atoms with van der Waals surface area (Å²) >= 11 is 0. The van der Waals surface area contributed by atoms with Gasteiger partial charge in [0.1, 0.15) is 11.6 Å². The zero-order chi connectivity index (χ0) is 16.8. The van der Waals surface area contributed by atoms with Crippen molar-refractivity contribution in [2.45, 2.75) is 58.5 Å². The summed E-state index contributed by atoms with van der Waals surface area (Å²) in [4.78, 5) is 23.6. The molecule has 0 aliphatic carbocycles. The Morgan fingerprint density at radius 1 is 1.29 bits per heavy atom. The average molecular weight is 322 g/mol. The maximum atomic E-state index is 12.2. The van der Waals surface area contributed by atoms with Gasteiger partial charge in [-0.3, -0.25) is 4.79 Å². The van der Waals surface area contributed by atoms with Gasteiger partial charge in [0, 0.05) is 0 Å². The minimum atomic E-state index is -3.56. The highest BCUT2D eigenvalue weighted by Crippen LogP contribution is 2.14. The Labute approximate surface area is 126 Å². The second-order valence-corrected chi connectivity index (χ2v) is 7.73. The minimum absolute atomic E-state index is 0.0808. The number of aliphatic carboxylic acids is 1. The molecule has 0 aromatic rings. The molecule has 0 saturated carbocycles. The summed E-state index contributed by atoms with van der Waals surface area (Å²) < 4.78 is 24.9. The summed E-state index contributed by atoms with van der Waals surface area (Å²) in [5, 5.41) is 11.7. The molecule has 0 spiro atoms.